The molecule has 1 aliphatic rings. The highest BCUT2D eigenvalue weighted by molar-refractivity contribution is 5.96. The molecule has 0 aromatic heterocycles. The molecule has 2 aromatic carbocycles. The zero-order chi connectivity index (χ0) is 17.3. The Kier molecular flexibility index (Phi) is 4.09. The van der Waals surface area contributed by atoms with E-state index in [1.54, 1.807) is 24.3 Å². The lowest BCUT2D eigenvalue weighted by molar-refractivity contribution is -0.0597. The highest BCUT2D eigenvalue weighted by Gasteiger charge is 2.37. The smallest absolute Gasteiger partial charge is 0.340 e. The maximum Gasteiger partial charge on any atom is 0.431 e. The van der Waals surface area contributed by atoms with Gasteiger partial charge in [-0.25, -0.2) is 8.78 Å². The van der Waals surface area contributed by atoms with Crippen molar-refractivity contribution in [3.05, 3.63) is 66.5 Å². The molecule has 0 saturated carbocycles. The number of halogens is 5. The molecule has 7 heteroatoms. The van der Waals surface area contributed by atoms with Crippen LogP contribution in [-0.4, -0.2) is 18.4 Å². The fourth-order valence-electron chi connectivity index (χ4n) is 2.45. The molecule has 2 aromatic rings. The number of aliphatic imine (C=N–C) groups is 1. The van der Waals surface area contributed by atoms with Gasteiger partial charge in [0.2, 0.25) is 0 Å². The summed E-state index contributed by atoms with van der Waals surface area (Å²) in [6, 6.07) is 9.50. The third-order valence-corrected chi connectivity index (χ3v) is 3.56. The van der Waals surface area contributed by atoms with Gasteiger partial charge in [0.25, 0.3) is 0 Å². The second-order valence-corrected chi connectivity index (χ2v) is 5.14. The molecule has 0 aliphatic carbocycles. The number of rotatable bonds is 2. The maximum absolute atomic E-state index is 14.1. The molecular formula is C17H11F5N2. The van der Waals surface area contributed by atoms with Gasteiger partial charge in [-0.05, 0) is 18.2 Å². The van der Waals surface area contributed by atoms with Crippen LogP contribution in [0.25, 0.3) is 11.1 Å². The molecule has 0 radical (unpaired) electrons. The summed E-state index contributed by atoms with van der Waals surface area (Å²) in [7, 11) is 0. The van der Waals surface area contributed by atoms with Gasteiger partial charge >= 0.3 is 6.18 Å². The van der Waals surface area contributed by atoms with Gasteiger partial charge in [0.15, 0.2) is 0 Å². The minimum Gasteiger partial charge on any atom is -0.340 e. The lowest BCUT2D eigenvalue weighted by Crippen LogP contribution is -2.36. The lowest BCUT2D eigenvalue weighted by Gasteiger charge is -2.27. The van der Waals surface area contributed by atoms with Crippen molar-refractivity contribution in [3.8, 4) is 11.1 Å². The Morgan fingerprint density at radius 1 is 0.958 bits per heavy atom. The second-order valence-electron chi connectivity index (χ2n) is 5.14. The number of nitrogens with zero attached hydrogens (tertiary/aromatic N) is 2. The van der Waals surface area contributed by atoms with Crippen molar-refractivity contribution >= 4 is 11.4 Å². The van der Waals surface area contributed by atoms with E-state index in [-0.39, 0.29) is 5.56 Å². The minimum atomic E-state index is -4.54. The average molecular weight is 338 g/mol. The predicted octanol–water partition coefficient (Wildman–Crippen LogP) is 4.93. The van der Waals surface area contributed by atoms with Crippen LogP contribution >= 0.6 is 0 Å². The molecule has 0 bridgehead atoms. The van der Waals surface area contributed by atoms with Crippen molar-refractivity contribution < 1.29 is 22.0 Å². The molecule has 1 heterocycles. The van der Waals surface area contributed by atoms with E-state index in [2.05, 4.69) is 4.99 Å². The van der Waals surface area contributed by atoms with Crippen molar-refractivity contribution in [2.45, 2.75) is 6.18 Å². The van der Waals surface area contributed by atoms with Gasteiger partial charge in [-0.3, -0.25) is 4.99 Å². The van der Waals surface area contributed by atoms with E-state index in [4.69, 9.17) is 0 Å². The lowest BCUT2D eigenvalue weighted by atomic mass is 10.0. The van der Waals surface area contributed by atoms with E-state index in [0.29, 0.717) is 11.3 Å². The number of hydrogen-bond acceptors (Lipinski definition) is 2. The van der Waals surface area contributed by atoms with Crippen LogP contribution in [0, 0.1) is 11.6 Å². The quantitative estimate of drug-likeness (QED) is 0.709. The molecule has 0 atom stereocenters. The number of para-hydroxylation sites is 1. The van der Waals surface area contributed by atoms with Gasteiger partial charge in [-0.1, -0.05) is 18.2 Å². The Balaban J connectivity index is 2.02. The van der Waals surface area contributed by atoms with Crippen LogP contribution in [0.5, 0.6) is 0 Å². The molecule has 3 rings (SSSR count). The first kappa shape index (κ1) is 16.2. The summed E-state index contributed by atoms with van der Waals surface area (Å²) in [5, 5.41) is 0. The Morgan fingerprint density at radius 3 is 2.42 bits per heavy atom. The third kappa shape index (κ3) is 3.15. The third-order valence-electron chi connectivity index (χ3n) is 3.56. The molecule has 2 nitrogen and oxygen atoms in total. The van der Waals surface area contributed by atoms with E-state index in [9.17, 15) is 22.0 Å². The zero-order valence-electron chi connectivity index (χ0n) is 12.2. The number of anilines is 1. The van der Waals surface area contributed by atoms with Crippen LogP contribution in [0.1, 0.15) is 0 Å². The van der Waals surface area contributed by atoms with E-state index in [0.717, 1.165) is 18.3 Å². The van der Waals surface area contributed by atoms with E-state index < -0.39 is 30.1 Å². The van der Waals surface area contributed by atoms with Gasteiger partial charge in [-0.2, -0.15) is 13.2 Å². The molecule has 0 amide bonds. The van der Waals surface area contributed by atoms with Crippen LogP contribution < -0.4 is 4.90 Å². The van der Waals surface area contributed by atoms with Crippen molar-refractivity contribution in [1.29, 1.82) is 0 Å². The molecule has 0 unspecified atom stereocenters. The number of alkyl halides is 3. The Hall–Kier alpha value is -2.70. The summed E-state index contributed by atoms with van der Waals surface area (Å²) in [4.78, 5) is 4.68. The van der Waals surface area contributed by atoms with Gasteiger partial charge in [-0.15, -0.1) is 0 Å². The monoisotopic (exact) mass is 338 g/mol. The summed E-state index contributed by atoms with van der Waals surface area (Å²) in [5.74, 6) is -1.51. The SMILES string of the molecule is Fc1ccc(-c2ccccc2N2C=CN=C(C(F)(F)F)C2)c(F)c1. The zero-order valence-corrected chi connectivity index (χ0v) is 12.2. The van der Waals surface area contributed by atoms with Gasteiger partial charge < -0.3 is 4.90 Å². The summed E-state index contributed by atoms with van der Waals surface area (Å²) < 4.78 is 65.8. The van der Waals surface area contributed by atoms with Crippen molar-refractivity contribution in [2.24, 2.45) is 4.99 Å². The molecule has 0 saturated heterocycles. The first-order chi connectivity index (χ1) is 11.4. The van der Waals surface area contributed by atoms with E-state index in [1.165, 1.54) is 17.2 Å². The molecule has 0 spiro atoms. The minimum absolute atomic E-state index is 0.108. The van der Waals surface area contributed by atoms with Crippen molar-refractivity contribution in [1.82, 2.24) is 0 Å². The first-order valence-electron chi connectivity index (χ1n) is 6.98. The van der Waals surface area contributed by atoms with E-state index in [1.807, 2.05) is 0 Å². The Labute approximate surface area is 134 Å². The summed E-state index contributed by atoms with van der Waals surface area (Å²) in [6.07, 6.45) is -2.11. The van der Waals surface area contributed by atoms with Gasteiger partial charge in [0.05, 0.1) is 6.54 Å². The topological polar surface area (TPSA) is 15.6 Å². The standard InChI is InChI=1S/C17H11F5N2/c18-11-5-6-12(14(19)9-11)13-3-1-2-4-15(13)24-8-7-23-16(10-24)17(20,21)22/h1-9H,10H2. The average Bonchev–Trinajstić information content (AvgIpc) is 2.54. The molecule has 24 heavy (non-hydrogen) atoms. The van der Waals surface area contributed by atoms with Crippen LogP contribution in [-0.2, 0) is 0 Å². The molecule has 1 aliphatic heterocycles. The number of benzene rings is 2. The fourth-order valence-corrected chi connectivity index (χ4v) is 2.45. The normalized spacial score (nSPS) is 14.7. The maximum atomic E-state index is 14.1. The molecular weight excluding hydrogens is 327 g/mol. The largest absolute Gasteiger partial charge is 0.431 e. The molecule has 0 fully saturated rings. The predicted molar refractivity (Wildman–Crippen MR) is 81.8 cm³/mol. The Morgan fingerprint density at radius 2 is 1.71 bits per heavy atom. The van der Waals surface area contributed by atoms with Gasteiger partial charge in [0.1, 0.15) is 17.3 Å². The van der Waals surface area contributed by atoms with Crippen molar-refractivity contribution in [2.75, 3.05) is 11.4 Å². The van der Waals surface area contributed by atoms with Crippen LogP contribution in [0.2, 0.25) is 0 Å². The van der Waals surface area contributed by atoms with Crippen LogP contribution in [0.4, 0.5) is 27.6 Å². The van der Waals surface area contributed by atoms with Crippen LogP contribution in [0.3, 0.4) is 0 Å². The van der Waals surface area contributed by atoms with Crippen LogP contribution in [0.15, 0.2) is 59.9 Å². The van der Waals surface area contributed by atoms with Gasteiger partial charge in [0, 0.05) is 35.3 Å². The summed E-state index contributed by atoms with van der Waals surface area (Å²) >= 11 is 0. The van der Waals surface area contributed by atoms with Crippen molar-refractivity contribution in [3.63, 3.8) is 0 Å². The highest BCUT2D eigenvalue weighted by atomic mass is 19.4. The highest BCUT2D eigenvalue weighted by Crippen LogP contribution is 2.34. The molecule has 124 valence electrons. The first-order valence-corrected chi connectivity index (χ1v) is 6.98. The summed E-state index contributed by atoms with van der Waals surface area (Å²) in [5.41, 5.74) is -0.102. The molecule has 0 N–H and O–H groups in total. The number of hydrogen-bond donors (Lipinski definition) is 0. The fraction of sp³-hybridized carbons (Fsp3) is 0.118. The second kappa shape index (κ2) is 6.07. The van der Waals surface area contributed by atoms with E-state index >= 15 is 0 Å². The Bertz CT molecular complexity index is 824. The summed E-state index contributed by atoms with van der Waals surface area (Å²) in [6.45, 7) is -0.486.